The second kappa shape index (κ2) is 11.2. The zero-order valence-corrected chi connectivity index (χ0v) is 18.8. The number of amides is 2. The number of hydrogen-bond donors (Lipinski definition) is 0. The lowest BCUT2D eigenvalue weighted by Gasteiger charge is -2.41. The van der Waals surface area contributed by atoms with Crippen molar-refractivity contribution in [2.75, 3.05) is 13.2 Å². The van der Waals surface area contributed by atoms with Crippen molar-refractivity contribution in [3.05, 3.63) is 48.6 Å². The summed E-state index contributed by atoms with van der Waals surface area (Å²) in [5, 5.41) is 0.245. The molecule has 2 amide bonds. The fourth-order valence-electron chi connectivity index (χ4n) is 3.17. The van der Waals surface area contributed by atoms with Gasteiger partial charge in [0.05, 0.1) is 6.04 Å². The van der Waals surface area contributed by atoms with Crippen molar-refractivity contribution in [3.63, 3.8) is 0 Å². The smallest absolute Gasteiger partial charge is 0.411 e. The lowest BCUT2D eigenvalue weighted by molar-refractivity contribution is -0.168. The van der Waals surface area contributed by atoms with Crippen LogP contribution in [0.15, 0.2) is 43.0 Å². The van der Waals surface area contributed by atoms with E-state index in [9.17, 15) is 14.4 Å². The molecular weight excluding hydrogens is 424 g/mol. The first-order chi connectivity index (χ1) is 14.6. The van der Waals surface area contributed by atoms with Gasteiger partial charge in [-0.05, 0) is 50.8 Å². The van der Waals surface area contributed by atoms with Crippen LogP contribution in [0.3, 0.4) is 0 Å². The molecule has 0 aromatic heterocycles. The molecule has 9 heteroatoms. The molecule has 0 saturated carbocycles. The van der Waals surface area contributed by atoms with Gasteiger partial charge in [0.15, 0.2) is 0 Å². The van der Waals surface area contributed by atoms with Crippen LogP contribution in [0.25, 0.3) is 0 Å². The third-order valence-electron chi connectivity index (χ3n) is 4.52. The summed E-state index contributed by atoms with van der Waals surface area (Å²) >= 11 is 5.77. The number of benzene rings is 1. The van der Waals surface area contributed by atoms with Crippen molar-refractivity contribution in [1.82, 2.24) is 9.96 Å². The number of rotatable bonds is 7. The lowest BCUT2D eigenvalue weighted by Crippen LogP contribution is -2.57. The molecule has 1 fully saturated rings. The zero-order valence-electron chi connectivity index (χ0n) is 18.1. The van der Waals surface area contributed by atoms with Crippen LogP contribution in [-0.2, 0) is 25.7 Å². The van der Waals surface area contributed by atoms with Gasteiger partial charge in [0.2, 0.25) is 0 Å². The summed E-state index contributed by atoms with van der Waals surface area (Å²) in [7, 11) is 0. The molecule has 0 spiro atoms. The van der Waals surface area contributed by atoms with Gasteiger partial charge in [0.25, 0.3) is 0 Å². The number of carbonyl (C=O) groups excluding carboxylic acids is 3. The molecule has 1 aliphatic rings. The predicted molar refractivity (Wildman–Crippen MR) is 115 cm³/mol. The van der Waals surface area contributed by atoms with E-state index in [0.717, 1.165) is 10.6 Å². The summed E-state index contributed by atoms with van der Waals surface area (Å²) in [6.07, 6.45) is 1.42. The third kappa shape index (κ3) is 7.56. The van der Waals surface area contributed by atoms with Gasteiger partial charge < -0.3 is 9.47 Å². The molecule has 2 atom stereocenters. The second-order valence-corrected chi connectivity index (χ2v) is 8.46. The highest BCUT2D eigenvalue weighted by molar-refractivity contribution is 6.62. The second-order valence-electron chi connectivity index (χ2n) is 8.14. The molecule has 0 N–H and O–H groups in total. The zero-order chi connectivity index (χ0) is 23.0. The summed E-state index contributed by atoms with van der Waals surface area (Å²) in [6.45, 7) is 8.89. The van der Waals surface area contributed by atoms with Gasteiger partial charge in [-0.15, -0.1) is 0 Å². The Labute approximate surface area is 187 Å². The molecule has 2 rings (SSSR count). The molecular formula is C22H29ClN2O6. The van der Waals surface area contributed by atoms with E-state index in [1.807, 2.05) is 30.3 Å². The van der Waals surface area contributed by atoms with Crippen molar-refractivity contribution >= 4 is 29.0 Å². The highest BCUT2D eigenvalue weighted by Crippen LogP contribution is 2.26. The number of carbonyl (C=O) groups is 3. The molecule has 8 nitrogen and oxygen atoms in total. The van der Waals surface area contributed by atoms with Gasteiger partial charge in [-0.3, -0.25) is 14.5 Å². The largest absolute Gasteiger partial charge is 0.460 e. The average molecular weight is 453 g/mol. The van der Waals surface area contributed by atoms with Crippen molar-refractivity contribution < 1.29 is 28.7 Å². The summed E-state index contributed by atoms with van der Waals surface area (Å²) in [6, 6.07) is 7.91. The van der Waals surface area contributed by atoms with Crippen molar-refractivity contribution in [1.29, 1.82) is 0 Å². The van der Waals surface area contributed by atoms with Crippen LogP contribution in [0, 0.1) is 0 Å². The Kier molecular flexibility index (Phi) is 8.88. The van der Waals surface area contributed by atoms with Crippen molar-refractivity contribution in [3.8, 4) is 0 Å². The third-order valence-corrected chi connectivity index (χ3v) is 4.69. The van der Waals surface area contributed by atoms with Crippen LogP contribution in [0.2, 0.25) is 0 Å². The van der Waals surface area contributed by atoms with Crippen LogP contribution in [-0.4, -0.2) is 58.2 Å². The molecule has 1 aliphatic heterocycles. The summed E-state index contributed by atoms with van der Waals surface area (Å²) in [5.74, 6) is -0.557. The normalized spacial score (nSPS) is 18.8. The van der Waals surface area contributed by atoms with Crippen molar-refractivity contribution in [2.45, 2.75) is 57.9 Å². The number of halogens is 1. The fraction of sp³-hybridized carbons (Fsp3) is 0.500. The van der Waals surface area contributed by atoms with E-state index in [-0.39, 0.29) is 26.2 Å². The number of hydroxylamine groups is 2. The quantitative estimate of drug-likeness (QED) is 0.202. The monoisotopic (exact) mass is 452 g/mol. The Morgan fingerprint density at radius 3 is 2.48 bits per heavy atom. The van der Waals surface area contributed by atoms with Crippen LogP contribution in [0.5, 0.6) is 0 Å². The summed E-state index contributed by atoms with van der Waals surface area (Å²) in [4.78, 5) is 44.3. The molecule has 0 unspecified atom stereocenters. The van der Waals surface area contributed by atoms with Gasteiger partial charge in [-0.25, -0.2) is 14.7 Å². The van der Waals surface area contributed by atoms with E-state index < -0.39 is 35.1 Å². The predicted octanol–water partition coefficient (Wildman–Crippen LogP) is 4.28. The van der Waals surface area contributed by atoms with Gasteiger partial charge in [-0.2, -0.15) is 0 Å². The summed E-state index contributed by atoms with van der Waals surface area (Å²) in [5.41, 5.74) is 0.0990. The maximum absolute atomic E-state index is 12.8. The van der Waals surface area contributed by atoms with Crippen LogP contribution < -0.4 is 0 Å². The van der Waals surface area contributed by atoms with E-state index in [1.54, 1.807) is 20.8 Å². The lowest BCUT2D eigenvalue weighted by atomic mass is 9.98. The number of nitrogens with zero attached hydrogens (tertiary/aromatic N) is 2. The Morgan fingerprint density at radius 1 is 1.23 bits per heavy atom. The molecule has 1 aromatic carbocycles. The van der Waals surface area contributed by atoms with Crippen LogP contribution in [0.4, 0.5) is 9.59 Å². The minimum atomic E-state index is -0.840. The molecule has 1 heterocycles. The Balaban J connectivity index is 2.16. The first-order valence-electron chi connectivity index (χ1n) is 10.0. The number of hydrogen-bond acceptors (Lipinski definition) is 6. The maximum Gasteiger partial charge on any atom is 0.411 e. The first-order valence-corrected chi connectivity index (χ1v) is 10.4. The first kappa shape index (κ1) is 24.7. The Bertz CT molecular complexity index is 780. The topological polar surface area (TPSA) is 85.4 Å². The molecule has 31 heavy (non-hydrogen) atoms. The van der Waals surface area contributed by atoms with E-state index >= 15 is 0 Å². The van der Waals surface area contributed by atoms with E-state index in [2.05, 4.69) is 6.58 Å². The minimum Gasteiger partial charge on any atom is -0.460 e. The number of likely N-dealkylation sites (tertiary alicyclic amines) is 1. The SMILES string of the molecule is C=CCOC(=O)[C@@H]1CC[C@@H](N(OCc2ccccc2)C(=O)Cl)CN1C(=O)OC(C)(C)C. The molecule has 1 aromatic rings. The van der Waals surface area contributed by atoms with Gasteiger partial charge >= 0.3 is 17.4 Å². The van der Waals surface area contributed by atoms with Gasteiger partial charge in [0.1, 0.15) is 24.9 Å². The van der Waals surface area contributed by atoms with Crippen molar-refractivity contribution in [2.24, 2.45) is 0 Å². The molecule has 1 saturated heterocycles. The fourth-order valence-corrected chi connectivity index (χ4v) is 3.35. The Morgan fingerprint density at radius 2 is 1.90 bits per heavy atom. The number of piperidine rings is 1. The molecule has 0 radical (unpaired) electrons. The van der Waals surface area contributed by atoms with E-state index in [0.29, 0.717) is 6.42 Å². The standard InChI is InChI=1S/C22H29ClN2O6/c1-5-13-29-19(26)18-12-11-17(14-24(18)21(28)31-22(2,3)4)25(20(23)27)30-15-16-9-7-6-8-10-16/h5-10,17-18H,1,11-15H2,2-4H3/t17-,18+/m1/s1. The van der Waals surface area contributed by atoms with Gasteiger partial charge in [-0.1, -0.05) is 43.0 Å². The molecule has 0 aliphatic carbocycles. The maximum atomic E-state index is 12.8. The molecule has 170 valence electrons. The summed E-state index contributed by atoms with van der Waals surface area (Å²) < 4.78 is 10.6. The van der Waals surface area contributed by atoms with Gasteiger partial charge in [0, 0.05) is 6.54 Å². The highest BCUT2D eigenvalue weighted by Gasteiger charge is 2.42. The highest BCUT2D eigenvalue weighted by atomic mass is 35.5. The minimum absolute atomic E-state index is 0.00994. The van der Waals surface area contributed by atoms with E-state index in [4.69, 9.17) is 25.9 Å². The average Bonchev–Trinajstić information content (AvgIpc) is 2.71. The number of esters is 1. The molecule has 0 bridgehead atoms. The van der Waals surface area contributed by atoms with Crippen LogP contribution >= 0.6 is 11.6 Å². The number of ether oxygens (including phenoxy) is 2. The van der Waals surface area contributed by atoms with E-state index in [1.165, 1.54) is 11.0 Å². The van der Waals surface area contributed by atoms with Crippen LogP contribution in [0.1, 0.15) is 39.2 Å². The Hall–Kier alpha value is -2.58.